The summed E-state index contributed by atoms with van der Waals surface area (Å²) in [5.41, 5.74) is -0.523. The molecule has 1 atom stereocenters. The zero-order valence-corrected chi connectivity index (χ0v) is 16.5. The van der Waals surface area contributed by atoms with Gasteiger partial charge in [0.1, 0.15) is 6.10 Å². The van der Waals surface area contributed by atoms with Crippen molar-refractivity contribution in [2.45, 2.75) is 76.5 Å². The van der Waals surface area contributed by atoms with Gasteiger partial charge in [0, 0.05) is 18.0 Å². The molecule has 0 spiro atoms. The van der Waals surface area contributed by atoms with Gasteiger partial charge in [-0.1, -0.05) is 37.5 Å². The smallest absolute Gasteiger partial charge is 0.416 e. The molecule has 1 aliphatic heterocycles. The summed E-state index contributed by atoms with van der Waals surface area (Å²) in [6, 6.07) is 5.11. The topological polar surface area (TPSA) is 55.4 Å². The third-order valence-corrected chi connectivity index (χ3v) is 5.66. The lowest BCUT2D eigenvalue weighted by molar-refractivity contribution is -0.146. The lowest BCUT2D eigenvalue weighted by Crippen LogP contribution is -2.36. The summed E-state index contributed by atoms with van der Waals surface area (Å²) in [5.74, 6) is -2.02. The number of hydrogen-bond acceptors (Lipinski definition) is 3. The molecule has 4 nitrogen and oxygen atoms in total. The number of esters is 1. The summed E-state index contributed by atoms with van der Waals surface area (Å²) < 4.78 is 46.4. The second-order valence-corrected chi connectivity index (χ2v) is 7.80. The first kappa shape index (κ1) is 21.4. The Kier molecular flexibility index (Phi) is 6.65. The van der Waals surface area contributed by atoms with Crippen LogP contribution in [-0.4, -0.2) is 18.0 Å². The van der Waals surface area contributed by atoms with Gasteiger partial charge in [0.2, 0.25) is 5.91 Å². The molecule has 1 N–H and O–H groups in total. The summed E-state index contributed by atoms with van der Waals surface area (Å²) in [6.45, 7) is 1.54. The summed E-state index contributed by atoms with van der Waals surface area (Å²) in [5, 5.41) is 2.59. The molecule has 1 amide bonds. The molecule has 0 bridgehead atoms. The third-order valence-electron chi connectivity index (χ3n) is 5.66. The number of rotatable bonds is 3. The Balaban J connectivity index is 1.92. The van der Waals surface area contributed by atoms with E-state index in [9.17, 15) is 22.8 Å². The Bertz CT molecular complexity index is 793. The molecule has 0 radical (unpaired) electrons. The lowest BCUT2D eigenvalue weighted by Gasteiger charge is -2.30. The number of carbonyl (C=O) groups excluding carboxylic acids is 2. The van der Waals surface area contributed by atoms with Crippen LogP contribution < -0.4 is 5.32 Å². The minimum absolute atomic E-state index is 0.0705. The van der Waals surface area contributed by atoms with Crippen molar-refractivity contribution >= 4 is 11.9 Å². The van der Waals surface area contributed by atoms with Crippen molar-refractivity contribution in [1.29, 1.82) is 0 Å². The van der Waals surface area contributed by atoms with Crippen LogP contribution in [0.5, 0.6) is 0 Å². The second-order valence-electron chi connectivity index (χ2n) is 7.80. The SMILES string of the molecule is CC1=C(C(=O)OC2CCCCCCC2)[C@H](c2ccccc2C(F)(F)F)CC(=O)N1. The number of allylic oxidation sites excluding steroid dienone is 1. The lowest BCUT2D eigenvalue weighted by atomic mass is 9.82. The first-order chi connectivity index (χ1) is 13.8. The van der Waals surface area contributed by atoms with Gasteiger partial charge in [-0.3, -0.25) is 4.79 Å². The molecule has 0 aromatic heterocycles. The number of amides is 1. The van der Waals surface area contributed by atoms with Crippen LogP contribution in [0.25, 0.3) is 0 Å². The maximum Gasteiger partial charge on any atom is 0.416 e. The monoisotopic (exact) mass is 409 g/mol. The quantitative estimate of drug-likeness (QED) is 0.695. The summed E-state index contributed by atoms with van der Waals surface area (Å²) in [7, 11) is 0. The molecule has 1 heterocycles. The van der Waals surface area contributed by atoms with E-state index in [0.29, 0.717) is 0 Å². The molecule has 7 heteroatoms. The van der Waals surface area contributed by atoms with Gasteiger partial charge >= 0.3 is 12.1 Å². The average molecular weight is 409 g/mol. The summed E-state index contributed by atoms with van der Waals surface area (Å²) >= 11 is 0. The van der Waals surface area contributed by atoms with Crippen molar-refractivity contribution in [3.8, 4) is 0 Å². The molecule has 29 heavy (non-hydrogen) atoms. The molecule has 1 fully saturated rings. The number of halogens is 3. The fraction of sp³-hybridized carbons (Fsp3) is 0.545. The van der Waals surface area contributed by atoms with Gasteiger partial charge in [-0.15, -0.1) is 0 Å². The fourth-order valence-electron chi connectivity index (χ4n) is 4.25. The number of benzene rings is 1. The van der Waals surface area contributed by atoms with Crippen LogP contribution in [0.2, 0.25) is 0 Å². The van der Waals surface area contributed by atoms with Crippen LogP contribution >= 0.6 is 0 Å². The van der Waals surface area contributed by atoms with E-state index in [-0.39, 0.29) is 29.4 Å². The highest BCUT2D eigenvalue weighted by molar-refractivity contribution is 5.96. The maximum absolute atomic E-state index is 13.5. The van der Waals surface area contributed by atoms with E-state index in [1.54, 1.807) is 0 Å². The molecule has 1 saturated carbocycles. The maximum atomic E-state index is 13.5. The van der Waals surface area contributed by atoms with Crippen molar-refractivity contribution in [3.63, 3.8) is 0 Å². The Morgan fingerprint density at radius 1 is 1.07 bits per heavy atom. The molecule has 3 rings (SSSR count). The molecule has 1 aromatic rings. The highest BCUT2D eigenvalue weighted by Gasteiger charge is 2.40. The predicted octanol–water partition coefficient (Wildman–Crippen LogP) is 5.24. The minimum atomic E-state index is -4.58. The second kappa shape index (κ2) is 9.01. The third kappa shape index (κ3) is 5.19. The number of ether oxygens (including phenoxy) is 1. The van der Waals surface area contributed by atoms with Crippen LogP contribution in [0.4, 0.5) is 13.2 Å². The van der Waals surface area contributed by atoms with Crippen molar-refractivity contribution < 1.29 is 27.5 Å². The van der Waals surface area contributed by atoms with Crippen molar-refractivity contribution in [1.82, 2.24) is 5.32 Å². The number of alkyl halides is 3. The normalized spacial score (nSPS) is 21.9. The zero-order chi connectivity index (χ0) is 21.0. The average Bonchev–Trinajstić information content (AvgIpc) is 2.62. The van der Waals surface area contributed by atoms with Gasteiger partial charge in [0.15, 0.2) is 0 Å². The Morgan fingerprint density at radius 2 is 1.69 bits per heavy atom. The van der Waals surface area contributed by atoms with Gasteiger partial charge in [0.25, 0.3) is 0 Å². The van der Waals surface area contributed by atoms with Crippen molar-refractivity contribution in [2.24, 2.45) is 0 Å². The highest BCUT2D eigenvalue weighted by atomic mass is 19.4. The highest BCUT2D eigenvalue weighted by Crippen LogP contribution is 2.41. The first-order valence-corrected chi connectivity index (χ1v) is 10.1. The van der Waals surface area contributed by atoms with E-state index in [1.165, 1.54) is 31.5 Å². The summed E-state index contributed by atoms with van der Waals surface area (Å²) in [6.07, 6.45) is 1.77. The van der Waals surface area contributed by atoms with Crippen LogP contribution in [-0.2, 0) is 20.5 Å². The Labute approximate surface area is 168 Å². The molecule has 158 valence electrons. The standard InChI is InChI=1S/C22H26F3NO3/c1-14-20(21(28)29-15-9-5-3-2-4-6-10-15)17(13-19(27)26-14)16-11-7-8-12-18(16)22(23,24)25/h7-8,11-12,15,17H,2-6,9-10,13H2,1H3,(H,26,27)/t17-/m0/s1. The van der Waals surface area contributed by atoms with E-state index < -0.39 is 29.5 Å². The number of nitrogens with one attached hydrogen (secondary N) is 1. The van der Waals surface area contributed by atoms with E-state index in [1.807, 2.05) is 0 Å². The summed E-state index contributed by atoms with van der Waals surface area (Å²) in [4.78, 5) is 25.1. The Morgan fingerprint density at radius 3 is 2.34 bits per heavy atom. The molecular weight excluding hydrogens is 383 g/mol. The van der Waals surface area contributed by atoms with E-state index in [0.717, 1.165) is 44.6 Å². The van der Waals surface area contributed by atoms with Gasteiger partial charge < -0.3 is 10.1 Å². The minimum Gasteiger partial charge on any atom is -0.459 e. The van der Waals surface area contributed by atoms with Crippen LogP contribution in [0.3, 0.4) is 0 Å². The number of carbonyl (C=O) groups is 2. The molecule has 2 aliphatic rings. The zero-order valence-electron chi connectivity index (χ0n) is 16.5. The van der Waals surface area contributed by atoms with Crippen LogP contribution in [0, 0.1) is 0 Å². The van der Waals surface area contributed by atoms with Crippen molar-refractivity contribution in [3.05, 3.63) is 46.7 Å². The van der Waals surface area contributed by atoms with E-state index in [2.05, 4.69) is 5.32 Å². The predicted molar refractivity (Wildman–Crippen MR) is 102 cm³/mol. The van der Waals surface area contributed by atoms with Crippen LogP contribution in [0.1, 0.15) is 75.3 Å². The van der Waals surface area contributed by atoms with E-state index in [4.69, 9.17) is 4.74 Å². The van der Waals surface area contributed by atoms with Gasteiger partial charge in [-0.25, -0.2) is 4.79 Å². The van der Waals surface area contributed by atoms with Gasteiger partial charge in [-0.2, -0.15) is 13.2 Å². The van der Waals surface area contributed by atoms with Crippen molar-refractivity contribution in [2.75, 3.05) is 0 Å². The molecular formula is C22H26F3NO3. The van der Waals surface area contributed by atoms with E-state index >= 15 is 0 Å². The largest absolute Gasteiger partial charge is 0.459 e. The Hall–Kier alpha value is -2.31. The molecule has 0 saturated heterocycles. The first-order valence-electron chi connectivity index (χ1n) is 10.1. The molecule has 1 aromatic carbocycles. The molecule has 0 unspecified atom stereocenters. The fourth-order valence-corrected chi connectivity index (χ4v) is 4.25. The molecule has 1 aliphatic carbocycles. The van der Waals surface area contributed by atoms with Crippen LogP contribution in [0.15, 0.2) is 35.5 Å². The number of hydrogen-bond donors (Lipinski definition) is 1. The van der Waals surface area contributed by atoms with Gasteiger partial charge in [0.05, 0.1) is 11.1 Å². The van der Waals surface area contributed by atoms with Gasteiger partial charge in [-0.05, 0) is 44.2 Å².